The molecule has 1 aromatic heterocycles. The Kier molecular flexibility index (Phi) is 11.3. The van der Waals surface area contributed by atoms with Gasteiger partial charge >= 0.3 is 11.9 Å². The van der Waals surface area contributed by atoms with Crippen LogP contribution >= 0.6 is 0 Å². The molecule has 0 spiro atoms. The number of nitrogens with zero attached hydrogens (tertiary/aromatic N) is 1. The Morgan fingerprint density at radius 2 is 1.63 bits per heavy atom. The number of aromatic amines is 1. The van der Waals surface area contributed by atoms with E-state index in [1.807, 2.05) is 0 Å². The molecule has 0 saturated heterocycles. The summed E-state index contributed by atoms with van der Waals surface area (Å²) >= 11 is 0. The van der Waals surface area contributed by atoms with Crippen LogP contribution < -0.4 is 27.4 Å². The van der Waals surface area contributed by atoms with Gasteiger partial charge in [-0.3, -0.25) is 24.0 Å². The number of carboxylic acids is 2. The number of aliphatic carboxylic acids is 2. The molecule has 15 nitrogen and oxygen atoms in total. The van der Waals surface area contributed by atoms with E-state index >= 15 is 0 Å². The Bertz CT molecular complexity index is 919. The van der Waals surface area contributed by atoms with Crippen molar-refractivity contribution in [1.29, 1.82) is 0 Å². The Morgan fingerprint density at radius 3 is 2.11 bits per heavy atom. The van der Waals surface area contributed by atoms with Gasteiger partial charge in [-0.05, 0) is 12.3 Å². The first-order valence-corrected chi connectivity index (χ1v) is 10.7. The van der Waals surface area contributed by atoms with Crippen molar-refractivity contribution in [2.75, 3.05) is 0 Å². The predicted octanol–water partition coefficient (Wildman–Crippen LogP) is -2.79. The van der Waals surface area contributed by atoms with E-state index in [0.29, 0.717) is 5.69 Å². The summed E-state index contributed by atoms with van der Waals surface area (Å²) in [6, 6.07) is -5.40. The molecule has 194 valence electrons. The average Bonchev–Trinajstić information content (AvgIpc) is 3.26. The number of imidazole rings is 1. The standard InChI is InChI=1S/C20H31N7O8/c1-9(2)16(19(33)26-13(20(34)35)5-10-7-23-8-24-10)27-18(32)12(6-15(29)30)25-17(31)11(21)3-4-14(22)28/h7-9,11-13,16H,3-6,21H2,1-2H3,(H2,22,28)(H,23,24)(H,25,31)(H,26,33)(H,27,32)(H,29,30)(H,34,35). The van der Waals surface area contributed by atoms with Crippen molar-refractivity contribution < 1.29 is 39.0 Å². The summed E-state index contributed by atoms with van der Waals surface area (Å²) < 4.78 is 0. The molecule has 15 heteroatoms. The molecule has 0 saturated carbocycles. The van der Waals surface area contributed by atoms with Gasteiger partial charge in [0.15, 0.2) is 0 Å². The minimum Gasteiger partial charge on any atom is -0.481 e. The highest BCUT2D eigenvalue weighted by Gasteiger charge is 2.33. The van der Waals surface area contributed by atoms with Crippen molar-refractivity contribution in [2.45, 2.75) is 63.7 Å². The Hall–Kier alpha value is -4.01. The molecule has 0 bridgehead atoms. The summed E-state index contributed by atoms with van der Waals surface area (Å²) in [5.41, 5.74) is 11.1. The van der Waals surface area contributed by atoms with Crippen LogP contribution in [0.1, 0.15) is 38.8 Å². The zero-order valence-corrected chi connectivity index (χ0v) is 19.3. The molecule has 1 heterocycles. The normalized spacial score (nSPS) is 14.3. The van der Waals surface area contributed by atoms with Crippen molar-refractivity contribution in [2.24, 2.45) is 17.4 Å². The van der Waals surface area contributed by atoms with Crippen molar-refractivity contribution in [1.82, 2.24) is 25.9 Å². The van der Waals surface area contributed by atoms with Crippen LogP contribution in [0.2, 0.25) is 0 Å². The number of carboxylic acid groups (broad SMARTS) is 2. The smallest absolute Gasteiger partial charge is 0.326 e. The second kappa shape index (κ2) is 13.6. The van der Waals surface area contributed by atoms with Crippen molar-refractivity contribution in [3.8, 4) is 0 Å². The number of hydrogen-bond donors (Lipinski definition) is 8. The van der Waals surface area contributed by atoms with E-state index < -0.39 is 72.1 Å². The van der Waals surface area contributed by atoms with Crippen molar-refractivity contribution >= 4 is 35.6 Å². The van der Waals surface area contributed by atoms with Crippen LogP contribution in [0.15, 0.2) is 12.5 Å². The lowest BCUT2D eigenvalue weighted by Gasteiger charge is -2.26. The molecular weight excluding hydrogens is 466 g/mol. The number of aromatic nitrogens is 2. The van der Waals surface area contributed by atoms with Crippen LogP contribution in [0, 0.1) is 5.92 Å². The lowest BCUT2D eigenvalue weighted by atomic mass is 10.0. The third-order valence-corrected chi connectivity index (χ3v) is 4.89. The lowest BCUT2D eigenvalue weighted by molar-refractivity contribution is -0.143. The topological polar surface area (TPSA) is 260 Å². The second-order valence-corrected chi connectivity index (χ2v) is 8.18. The monoisotopic (exact) mass is 497 g/mol. The third-order valence-electron chi connectivity index (χ3n) is 4.89. The van der Waals surface area contributed by atoms with Crippen LogP contribution in [0.3, 0.4) is 0 Å². The van der Waals surface area contributed by atoms with Gasteiger partial charge in [-0.1, -0.05) is 13.8 Å². The average molecular weight is 498 g/mol. The molecule has 0 aliphatic heterocycles. The molecule has 4 amide bonds. The maximum atomic E-state index is 12.8. The molecule has 0 aromatic carbocycles. The molecule has 4 unspecified atom stereocenters. The molecule has 4 atom stereocenters. The van der Waals surface area contributed by atoms with E-state index in [4.69, 9.17) is 16.6 Å². The van der Waals surface area contributed by atoms with E-state index in [9.17, 15) is 33.9 Å². The van der Waals surface area contributed by atoms with Gasteiger partial charge < -0.3 is 42.6 Å². The van der Waals surface area contributed by atoms with Gasteiger partial charge in [-0.2, -0.15) is 0 Å². The molecule has 1 aromatic rings. The number of H-pyrrole nitrogens is 1. The van der Waals surface area contributed by atoms with Crippen LogP contribution in [0.5, 0.6) is 0 Å². The van der Waals surface area contributed by atoms with Crippen LogP contribution in [0.4, 0.5) is 0 Å². The highest BCUT2D eigenvalue weighted by atomic mass is 16.4. The maximum Gasteiger partial charge on any atom is 0.326 e. The molecule has 0 fully saturated rings. The fourth-order valence-corrected chi connectivity index (χ4v) is 2.96. The van der Waals surface area contributed by atoms with Gasteiger partial charge in [0.2, 0.25) is 23.6 Å². The summed E-state index contributed by atoms with van der Waals surface area (Å²) in [4.78, 5) is 78.1. The first-order valence-electron chi connectivity index (χ1n) is 10.7. The number of nitrogens with two attached hydrogens (primary N) is 2. The molecule has 0 aliphatic rings. The van der Waals surface area contributed by atoms with Crippen LogP contribution in [0.25, 0.3) is 0 Å². The van der Waals surface area contributed by atoms with E-state index in [0.717, 1.165) is 0 Å². The number of carbonyl (C=O) groups is 6. The van der Waals surface area contributed by atoms with Crippen LogP contribution in [-0.4, -0.2) is 79.9 Å². The number of primary amides is 1. The number of nitrogens with one attached hydrogen (secondary N) is 4. The molecule has 1 rings (SSSR count). The number of hydrogen-bond acceptors (Lipinski definition) is 8. The summed E-state index contributed by atoms with van der Waals surface area (Å²) in [5, 5.41) is 25.5. The third kappa shape index (κ3) is 10.2. The van der Waals surface area contributed by atoms with Gasteiger partial charge in [0.1, 0.15) is 18.1 Å². The minimum atomic E-state index is -1.59. The van der Waals surface area contributed by atoms with Crippen molar-refractivity contribution in [3.63, 3.8) is 0 Å². The number of amides is 4. The van der Waals surface area contributed by atoms with E-state index in [-0.39, 0.29) is 19.3 Å². The second-order valence-electron chi connectivity index (χ2n) is 8.18. The zero-order valence-electron chi connectivity index (χ0n) is 19.3. The van der Waals surface area contributed by atoms with Gasteiger partial charge in [0.05, 0.1) is 18.8 Å². The Balaban J connectivity index is 2.92. The summed E-state index contributed by atoms with van der Waals surface area (Å²) in [5.74, 6) is -6.64. The van der Waals surface area contributed by atoms with E-state index in [1.165, 1.54) is 12.5 Å². The molecular formula is C20H31N7O8. The number of carbonyl (C=O) groups excluding carboxylic acids is 4. The molecule has 0 aliphatic carbocycles. The largest absolute Gasteiger partial charge is 0.481 e. The predicted molar refractivity (Wildman–Crippen MR) is 119 cm³/mol. The maximum absolute atomic E-state index is 12.8. The van der Waals surface area contributed by atoms with Crippen LogP contribution in [-0.2, 0) is 35.2 Å². The highest BCUT2D eigenvalue weighted by Crippen LogP contribution is 2.07. The first-order chi connectivity index (χ1) is 16.3. The Morgan fingerprint density at radius 1 is 1.00 bits per heavy atom. The van der Waals surface area contributed by atoms with E-state index in [1.54, 1.807) is 13.8 Å². The summed E-state index contributed by atoms with van der Waals surface area (Å²) in [6.07, 6.45) is 1.53. The Labute approximate surface area is 200 Å². The van der Waals surface area contributed by atoms with Crippen molar-refractivity contribution in [3.05, 3.63) is 18.2 Å². The highest BCUT2D eigenvalue weighted by molar-refractivity contribution is 5.95. The molecule has 35 heavy (non-hydrogen) atoms. The summed E-state index contributed by atoms with van der Waals surface area (Å²) in [6.45, 7) is 3.17. The summed E-state index contributed by atoms with van der Waals surface area (Å²) in [7, 11) is 0. The SMILES string of the molecule is CC(C)C(NC(=O)C(CC(=O)O)NC(=O)C(N)CCC(N)=O)C(=O)NC(Cc1cnc[nH]1)C(=O)O. The fraction of sp³-hybridized carbons (Fsp3) is 0.550. The molecule has 10 N–H and O–H groups in total. The number of rotatable bonds is 15. The fourth-order valence-electron chi connectivity index (χ4n) is 2.96. The lowest BCUT2D eigenvalue weighted by Crippen LogP contribution is -2.59. The van der Waals surface area contributed by atoms with Gasteiger partial charge in [0, 0.05) is 24.7 Å². The minimum absolute atomic E-state index is 0.0965. The molecule has 0 radical (unpaired) electrons. The van der Waals surface area contributed by atoms with E-state index in [2.05, 4.69) is 25.9 Å². The van der Waals surface area contributed by atoms with Gasteiger partial charge in [0.25, 0.3) is 0 Å². The van der Waals surface area contributed by atoms with Gasteiger partial charge in [-0.25, -0.2) is 9.78 Å². The van der Waals surface area contributed by atoms with Gasteiger partial charge in [-0.15, -0.1) is 0 Å². The quantitative estimate of drug-likeness (QED) is 0.123. The zero-order chi connectivity index (χ0) is 26.7. The first kappa shape index (κ1) is 29.0.